The molecule has 6 nitrogen and oxygen atoms in total. The molecule has 0 aliphatic heterocycles. The van der Waals surface area contributed by atoms with Gasteiger partial charge in [0.1, 0.15) is 0 Å². The highest BCUT2D eigenvalue weighted by Crippen LogP contribution is 2.32. The molecular weight excluding hydrogens is 320 g/mol. The number of aliphatic carboxylic acids is 1. The molecule has 0 heterocycles. The summed E-state index contributed by atoms with van der Waals surface area (Å²) in [4.78, 5) is 35.6. The van der Waals surface area contributed by atoms with Crippen LogP contribution in [-0.4, -0.2) is 22.9 Å². The highest BCUT2D eigenvalue weighted by molar-refractivity contribution is 5.97. The van der Waals surface area contributed by atoms with Crippen LogP contribution in [0.25, 0.3) is 0 Å². The second kappa shape index (κ2) is 7.25. The second-order valence-electron chi connectivity index (χ2n) is 7.18. The Bertz CT molecular complexity index is 697. The minimum absolute atomic E-state index is 0.0257. The third kappa shape index (κ3) is 4.38. The summed E-state index contributed by atoms with van der Waals surface area (Å²) in [6.07, 6.45) is 4.37. The fourth-order valence-corrected chi connectivity index (χ4v) is 3.31. The van der Waals surface area contributed by atoms with Crippen molar-refractivity contribution in [1.29, 1.82) is 0 Å². The number of amides is 2. The van der Waals surface area contributed by atoms with E-state index >= 15 is 0 Å². The number of aryl methyl sites for hydroxylation is 1. The Hall–Kier alpha value is -2.37. The Balaban J connectivity index is 1.65. The van der Waals surface area contributed by atoms with Crippen molar-refractivity contribution in [2.75, 3.05) is 10.6 Å². The van der Waals surface area contributed by atoms with Gasteiger partial charge in [-0.15, -0.1) is 0 Å². The number of carbonyl (C=O) groups excluding carboxylic acids is 2. The molecule has 3 rings (SSSR count). The van der Waals surface area contributed by atoms with Crippen molar-refractivity contribution >= 4 is 29.2 Å². The van der Waals surface area contributed by atoms with Gasteiger partial charge in [0.2, 0.25) is 11.8 Å². The summed E-state index contributed by atoms with van der Waals surface area (Å²) < 4.78 is 0. The molecule has 0 spiro atoms. The number of nitrogens with one attached hydrogen (secondary N) is 2. The molecule has 1 aromatic rings. The summed E-state index contributed by atoms with van der Waals surface area (Å²) in [5.74, 6) is -1.53. The number of anilines is 2. The lowest BCUT2D eigenvalue weighted by molar-refractivity contribution is -0.143. The van der Waals surface area contributed by atoms with Crippen LogP contribution < -0.4 is 10.6 Å². The zero-order chi connectivity index (χ0) is 18.0. The van der Waals surface area contributed by atoms with Gasteiger partial charge in [-0.1, -0.05) is 12.5 Å². The molecule has 25 heavy (non-hydrogen) atoms. The van der Waals surface area contributed by atoms with Crippen LogP contribution in [0.15, 0.2) is 18.2 Å². The molecule has 2 atom stereocenters. The van der Waals surface area contributed by atoms with E-state index in [0.29, 0.717) is 30.6 Å². The molecule has 2 aliphatic carbocycles. The number of carboxylic acid groups (broad SMARTS) is 1. The lowest BCUT2D eigenvalue weighted by Gasteiger charge is -2.26. The van der Waals surface area contributed by atoms with Crippen molar-refractivity contribution in [1.82, 2.24) is 0 Å². The third-order valence-electron chi connectivity index (χ3n) is 5.11. The van der Waals surface area contributed by atoms with Gasteiger partial charge in [-0.25, -0.2) is 0 Å². The molecule has 2 amide bonds. The van der Waals surface area contributed by atoms with Gasteiger partial charge < -0.3 is 15.7 Å². The summed E-state index contributed by atoms with van der Waals surface area (Å²) in [6.45, 7) is 1.89. The van der Waals surface area contributed by atoms with Crippen LogP contribution in [0.4, 0.5) is 11.4 Å². The lowest BCUT2D eigenvalue weighted by Crippen LogP contribution is -2.31. The predicted molar refractivity (Wildman–Crippen MR) is 94.2 cm³/mol. The predicted octanol–water partition coefficient (Wildman–Crippen LogP) is 3.17. The van der Waals surface area contributed by atoms with Crippen LogP contribution in [0.3, 0.4) is 0 Å². The van der Waals surface area contributed by atoms with Crippen LogP contribution >= 0.6 is 0 Å². The van der Waals surface area contributed by atoms with Gasteiger partial charge >= 0.3 is 5.97 Å². The maximum atomic E-state index is 12.5. The Morgan fingerprint density at radius 1 is 0.960 bits per heavy atom. The van der Waals surface area contributed by atoms with E-state index in [9.17, 15) is 14.4 Å². The largest absolute Gasteiger partial charge is 0.481 e. The molecule has 0 saturated heterocycles. The van der Waals surface area contributed by atoms with E-state index in [1.807, 2.05) is 19.1 Å². The van der Waals surface area contributed by atoms with E-state index in [1.54, 1.807) is 6.07 Å². The van der Waals surface area contributed by atoms with E-state index in [0.717, 1.165) is 24.8 Å². The first-order valence-electron chi connectivity index (χ1n) is 8.89. The average molecular weight is 344 g/mol. The Labute approximate surface area is 147 Å². The fraction of sp³-hybridized carbons (Fsp3) is 0.526. The second-order valence-corrected chi connectivity index (χ2v) is 7.18. The van der Waals surface area contributed by atoms with Crippen molar-refractivity contribution in [3.63, 3.8) is 0 Å². The normalized spacial score (nSPS) is 22.9. The molecule has 0 radical (unpaired) electrons. The Morgan fingerprint density at radius 3 is 2.32 bits per heavy atom. The smallest absolute Gasteiger partial charge is 0.306 e. The summed E-state index contributed by atoms with van der Waals surface area (Å²) >= 11 is 0. The van der Waals surface area contributed by atoms with Gasteiger partial charge in [0.25, 0.3) is 0 Å². The molecule has 2 fully saturated rings. The Kier molecular flexibility index (Phi) is 5.06. The van der Waals surface area contributed by atoms with E-state index in [1.165, 1.54) is 0 Å². The van der Waals surface area contributed by atoms with Crippen molar-refractivity contribution in [3.05, 3.63) is 23.8 Å². The standard InChI is InChI=1S/C19H24N2O4/c1-11-5-8-15(20-17(22)12-6-7-12)10-16(11)21-18(23)13-3-2-4-14(9-13)19(24)25/h5,8,10,12-14H,2-4,6-7,9H2,1H3,(H,20,22)(H,21,23)(H,24,25). The zero-order valence-corrected chi connectivity index (χ0v) is 14.4. The van der Waals surface area contributed by atoms with Gasteiger partial charge in [0.05, 0.1) is 5.92 Å². The summed E-state index contributed by atoms with van der Waals surface area (Å²) in [6, 6.07) is 5.45. The number of hydrogen-bond donors (Lipinski definition) is 3. The molecule has 3 N–H and O–H groups in total. The number of carboxylic acids is 1. The van der Waals surface area contributed by atoms with Crippen LogP contribution in [0, 0.1) is 24.7 Å². The SMILES string of the molecule is Cc1ccc(NC(=O)C2CC2)cc1NC(=O)C1CCCC(C(=O)O)C1. The van der Waals surface area contributed by atoms with Crippen molar-refractivity contribution in [2.24, 2.45) is 17.8 Å². The molecule has 1 aromatic carbocycles. The number of carbonyl (C=O) groups is 3. The van der Waals surface area contributed by atoms with Gasteiger partial charge in [-0.2, -0.15) is 0 Å². The lowest BCUT2D eigenvalue weighted by atomic mass is 9.81. The van der Waals surface area contributed by atoms with Crippen molar-refractivity contribution in [2.45, 2.75) is 45.4 Å². The average Bonchev–Trinajstić information content (AvgIpc) is 3.43. The van der Waals surface area contributed by atoms with E-state index in [4.69, 9.17) is 5.11 Å². The van der Waals surface area contributed by atoms with E-state index < -0.39 is 11.9 Å². The monoisotopic (exact) mass is 344 g/mol. The molecule has 2 saturated carbocycles. The number of rotatable bonds is 5. The first-order valence-corrected chi connectivity index (χ1v) is 8.89. The fourth-order valence-electron chi connectivity index (χ4n) is 3.31. The first-order chi connectivity index (χ1) is 11.9. The van der Waals surface area contributed by atoms with Crippen molar-refractivity contribution in [3.8, 4) is 0 Å². The topological polar surface area (TPSA) is 95.5 Å². The van der Waals surface area contributed by atoms with Gasteiger partial charge in [-0.3, -0.25) is 14.4 Å². The first kappa shape index (κ1) is 17.5. The highest BCUT2D eigenvalue weighted by atomic mass is 16.4. The van der Waals surface area contributed by atoms with Gasteiger partial charge in [0.15, 0.2) is 0 Å². The third-order valence-corrected chi connectivity index (χ3v) is 5.11. The minimum atomic E-state index is -0.821. The molecule has 2 aliphatic rings. The summed E-state index contributed by atoms with van der Waals surface area (Å²) in [5.41, 5.74) is 2.24. The van der Waals surface area contributed by atoms with Crippen LogP contribution in [0.2, 0.25) is 0 Å². The van der Waals surface area contributed by atoms with Crippen LogP contribution in [-0.2, 0) is 14.4 Å². The molecule has 2 unspecified atom stereocenters. The summed E-state index contributed by atoms with van der Waals surface area (Å²) in [5, 5.41) is 15.0. The van der Waals surface area contributed by atoms with Crippen LogP contribution in [0.5, 0.6) is 0 Å². The highest BCUT2D eigenvalue weighted by Gasteiger charge is 2.31. The Morgan fingerprint density at radius 2 is 1.64 bits per heavy atom. The maximum Gasteiger partial charge on any atom is 0.306 e. The van der Waals surface area contributed by atoms with E-state index in [2.05, 4.69) is 10.6 Å². The molecule has 0 aromatic heterocycles. The zero-order valence-electron chi connectivity index (χ0n) is 14.4. The quantitative estimate of drug-likeness (QED) is 0.764. The molecule has 134 valence electrons. The molecular formula is C19H24N2O4. The summed E-state index contributed by atoms with van der Waals surface area (Å²) in [7, 11) is 0. The molecule has 6 heteroatoms. The van der Waals surface area contributed by atoms with Gasteiger partial charge in [0, 0.05) is 23.2 Å². The molecule has 0 bridgehead atoms. The minimum Gasteiger partial charge on any atom is -0.481 e. The van der Waals surface area contributed by atoms with Crippen LogP contribution in [0.1, 0.15) is 44.1 Å². The van der Waals surface area contributed by atoms with Crippen molar-refractivity contribution < 1.29 is 19.5 Å². The number of benzene rings is 1. The maximum absolute atomic E-state index is 12.5. The van der Waals surface area contributed by atoms with E-state index in [-0.39, 0.29) is 23.7 Å². The van der Waals surface area contributed by atoms with Gasteiger partial charge in [-0.05, 0) is 56.7 Å². The number of hydrogen-bond acceptors (Lipinski definition) is 3.